The molecule has 27 heavy (non-hydrogen) atoms. The highest BCUT2D eigenvalue weighted by Gasteiger charge is 2.06. The van der Waals surface area contributed by atoms with Crippen LogP contribution in [0.5, 0.6) is 5.75 Å². The molecular weight excluding hydrogens is 346 g/mol. The van der Waals surface area contributed by atoms with Crippen molar-refractivity contribution >= 4 is 23.4 Å². The van der Waals surface area contributed by atoms with E-state index in [1.165, 1.54) is 6.07 Å². The summed E-state index contributed by atoms with van der Waals surface area (Å²) in [5.41, 5.74) is 7.14. The molecule has 7 heteroatoms. The van der Waals surface area contributed by atoms with Gasteiger partial charge < -0.3 is 21.1 Å². The van der Waals surface area contributed by atoms with Crippen molar-refractivity contribution in [2.24, 2.45) is 5.73 Å². The van der Waals surface area contributed by atoms with E-state index in [-0.39, 0.29) is 18.4 Å². The summed E-state index contributed by atoms with van der Waals surface area (Å²) < 4.78 is 5.37. The molecule has 0 bridgehead atoms. The first-order chi connectivity index (χ1) is 13.0. The van der Waals surface area contributed by atoms with Crippen LogP contribution in [-0.4, -0.2) is 24.3 Å². The Morgan fingerprint density at radius 2 is 1.78 bits per heavy atom. The summed E-state index contributed by atoms with van der Waals surface area (Å²) in [6.07, 6.45) is 1.28. The Balaban J connectivity index is 1.77. The van der Waals surface area contributed by atoms with Gasteiger partial charge in [-0.2, -0.15) is 0 Å². The van der Waals surface area contributed by atoms with Gasteiger partial charge >= 0.3 is 0 Å². The van der Waals surface area contributed by atoms with Crippen molar-refractivity contribution in [1.29, 1.82) is 0 Å². The van der Waals surface area contributed by atoms with Crippen LogP contribution in [0.2, 0.25) is 0 Å². The molecule has 0 saturated carbocycles. The van der Waals surface area contributed by atoms with Gasteiger partial charge in [0.05, 0.1) is 0 Å². The van der Waals surface area contributed by atoms with Gasteiger partial charge in [0.25, 0.3) is 5.91 Å². The van der Waals surface area contributed by atoms with Crippen LogP contribution in [0.1, 0.15) is 35.7 Å². The standard InChI is InChI=1S/C20H23N3O4/c1-2-4-18(24)23-16-9-7-14(8-10-16)12-22-19(25)13-27-17-6-3-5-15(11-17)20(21)26/h3,5-11H,2,4,12-13H2,1H3,(H2,21,26)(H,22,25)(H,23,24). The van der Waals surface area contributed by atoms with Gasteiger partial charge in [0.1, 0.15) is 5.75 Å². The largest absolute Gasteiger partial charge is 0.484 e. The molecular formula is C20H23N3O4. The monoisotopic (exact) mass is 369 g/mol. The van der Waals surface area contributed by atoms with E-state index in [2.05, 4.69) is 10.6 Å². The molecule has 0 fully saturated rings. The van der Waals surface area contributed by atoms with Gasteiger partial charge in [-0.05, 0) is 42.3 Å². The highest BCUT2D eigenvalue weighted by atomic mass is 16.5. The average Bonchev–Trinajstić information content (AvgIpc) is 2.66. The SMILES string of the molecule is CCCC(=O)Nc1ccc(CNC(=O)COc2cccc(C(N)=O)c2)cc1. The van der Waals surface area contributed by atoms with Crippen molar-refractivity contribution in [1.82, 2.24) is 5.32 Å². The van der Waals surface area contributed by atoms with Crippen molar-refractivity contribution in [2.45, 2.75) is 26.3 Å². The lowest BCUT2D eigenvalue weighted by atomic mass is 10.2. The van der Waals surface area contributed by atoms with E-state index in [1.807, 2.05) is 19.1 Å². The number of benzene rings is 2. The van der Waals surface area contributed by atoms with Crippen molar-refractivity contribution in [3.8, 4) is 5.75 Å². The highest BCUT2D eigenvalue weighted by Crippen LogP contribution is 2.13. The number of hydrogen-bond acceptors (Lipinski definition) is 4. The van der Waals surface area contributed by atoms with Crippen LogP contribution in [0.25, 0.3) is 0 Å². The van der Waals surface area contributed by atoms with Crippen molar-refractivity contribution < 1.29 is 19.1 Å². The Bertz CT molecular complexity index is 803. The van der Waals surface area contributed by atoms with Crippen LogP contribution in [0.15, 0.2) is 48.5 Å². The molecule has 0 heterocycles. The second kappa shape index (κ2) is 9.96. The third-order valence-corrected chi connectivity index (χ3v) is 3.69. The lowest BCUT2D eigenvalue weighted by Gasteiger charge is -2.09. The molecule has 7 nitrogen and oxygen atoms in total. The third kappa shape index (κ3) is 6.81. The van der Waals surface area contributed by atoms with E-state index in [0.717, 1.165) is 17.7 Å². The van der Waals surface area contributed by atoms with E-state index < -0.39 is 5.91 Å². The average molecular weight is 369 g/mol. The number of rotatable bonds is 9. The fourth-order valence-corrected chi connectivity index (χ4v) is 2.30. The molecule has 0 aliphatic rings. The molecule has 0 atom stereocenters. The number of ether oxygens (including phenoxy) is 1. The number of carbonyl (C=O) groups is 3. The summed E-state index contributed by atoms with van der Waals surface area (Å²) in [6.45, 7) is 2.11. The Kier molecular flexibility index (Phi) is 7.37. The first-order valence-electron chi connectivity index (χ1n) is 8.66. The lowest BCUT2D eigenvalue weighted by molar-refractivity contribution is -0.123. The van der Waals surface area contributed by atoms with Crippen molar-refractivity contribution in [3.05, 3.63) is 59.7 Å². The van der Waals surface area contributed by atoms with E-state index >= 15 is 0 Å². The smallest absolute Gasteiger partial charge is 0.258 e. The summed E-state index contributed by atoms with van der Waals surface area (Å²) in [5.74, 6) is -0.469. The molecule has 2 aromatic rings. The zero-order valence-electron chi connectivity index (χ0n) is 15.2. The molecule has 0 spiro atoms. The molecule has 0 aliphatic heterocycles. The second-order valence-corrected chi connectivity index (χ2v) is 5.95. The van der Waals surface area contributed by atoms with Crippen LogP contribution in [0.3, 0.4) is 0 Å². The van der Waals surface area contributed by atoms with E-state index in [0.29, 0.717) is 24.3 Å². The zero-order valence-corrected chi connectivity index (χ0v) is 15.2. The second-order valence-electron chi connectivity index (χ2n) is 5.95. The maximum Gasteiger partial charge on any atom is 0.258 e. The van der Waals surface area contributed by atoms with Gasteiger partial charge in [0, 0.05) is 24.2 Å². The summed E-state index contributed by atoms with van der Waals surface area (Å²) in [4.78, 5) is 34.6. The molecule has 0 unspecified atom stereocenters. The summed E-state index contributed by atoms with van der Waals surface area (Å²) >= 11 is 0. The van der Waals surface area contributed by atoms with Gasteiger partial charge in [-0.25, -0.2) is 0 Å². The minimum atomic E-state index is -0.556. The summed E-state index contributed by atoms with van der Waals surface area (Å²) in [7, 11) is 0. The number of nitrogens with one attached hydrogen (secondary N) is 2. The Labute approximate surface area is 157 Å². The predicted molar refractivity (Wildman–Crippen MR) is 102 cm³/mol. The Hall–Kier alpha value is -3.35. The maximum absolute atomic E-state index is 11.9. The van der Waals surface area contributed by atoms with E-state index in [9.17, 15) is 14.4 Å². The molecule has 2 rings (SSSR count). The lowest BCUT2D eigenvalue weighted by Crippen LogP contribution is -2.28. The first kappa shape index (κ1) is 20.0. The van der Waals surface area contributed by atoms with Gasteiger partial charge in [-0.3, -0.25) is 14.4 Å². The molecule has 0 aliphatic carbocycles. The normalized spacial score (nSPS) is 10.1. The number of primary amides is 1. The molecule has 2 aromatic carbocycles. The molecule has 3 amide bonds. The van der Waals surface area contributed by atoms with Crippen LogP contribution in [-0.2, 0) is 16.1 Å². The quantitative estimate of drug-likeness (QED) is 0.629. The molecule has 4 N–H and O–H groups in total. The van der Waals surface area contributed by atoms with Crippen molar-refractivity contribution in [3.63, 3.8) is 0 Å². The third-order valence-electron chi connectivity index (χ3n) is 3.69. The van der Waals surface area contributed by atoms with Gasteiger partial charge in [-0.15, -0.1) is 0 Å². The number of anilines is 1. The van der Waals surface area contributed by atoms with E-state index in [4.69, 9.17) is 10.5 Å². The van der Waals surface area contributed by atoms with Crippen LogP contribution in [0, 0.1) is 0 Å². The Morgan fingerprint density at radius 3 is 2.44 bits per heavy atom. The van der Waals surface area contributed by atoms with E-state index in [1.54, 1.807) is 30.3 Å². The topological polar surface area (TPSA) is 111 Å². The van der Waals surface area contributed by atoms with Crippen molar-refractivity contribution in [2.75, 3.05) is 11.9 Å². The Morgan fingerprint density at radius 1 is 1.04 bits per heavy atom. The zero-order chi connectivity index (χ0) is 19.6. The first-order valence-corrected chi connectivity index (χ1v) is 8.66. The summed E-state index contributed by atoms with van der Waals surface area (Å²) in [5, 5.41) is 5.55. The predicted octanol–water partition coefficient (Wildman–Crippen LogP) is 2.22. The molecule has 0 saturated heterocycles. The minimum Gasteiger partial charge on any atom is -0.484 e. The number of hydrogen-bond donors (Lipinski definition) is 3. The van der Waals surface area contributed by atoms with Gasteiger partial charge in [-0.1, -0.05) is 25.1 Å². The fraction of sp³-hybridized carbons (Fsp3) is 0.250. The fourth-order valence-electron chi connectivity index (χ4n) is 2.30. The van der Waals surface area contributed by atoms with Gasteiger partial charge in [0.15, 0.2) is 6.61 Å². The highest BCUT2D eigenvalue weighted by molar-refractivity contribution is 5.93. The van der Waals surface area contributed by atoms with Crippen LogP contribution < -0.4 is 21.1 Å². The number of amides is 3. The molecule has 142 valence electrons. The minimum absolute atomic E-state index is 0.0175. The number of carbonyl (C=O) groups excluding carboxylic acids is 3. The number of nitrogens with two attached hydrogens (primary N) is 1. The summed E-state index contributed by atoms with van der Waals surface area (Å²) in [6, 6.07) is 13.6. The molecule has 0 radical (unpaired) electrons. The van der Waals surface area contributed by atoms with Crippen LogP contribution in [0.4, 0.5) is 5.69 Å². The maximum atomic E-state index is 11.9. The van der Waals surface area contributed by atoms with Gasteiger partial charge in [0.2, 0.25) is 11.8 Å². The van der Waals surface area contributed by atoms with Crippen LogP contribution >= 0.6 is 0 Å². The molecule has 0 aromatic heterocycles.